The summed E-state index contributed by atoms with van der Waals surface area (Å²) >= 11 is 0. The Labute approximate surface area is 142 Å². The van der Waals surface area contributed by atoms with Crippen LogP contribution in [0.3, 0.4) is 0 Å². The van der Waals surface area contributed by atoms with Gasteiger partial charge in [-0.15, -0.1) is 0 Å². The van der Waals surface area contributed by atoms with Gasteiger partial charge in [0.2, 0.25) is 0 Å². The first kappa shape index (κ1) is 17.7. The third-order valence-electron chi connectivity index (χ3n) is 3.51. The molecular formula is C19H22N2O3. The number of carbonyl (C=O) groups excluding carboxylic acids is 2. The molecule has 0 aliphatic carbocycles. The summed E-state index contributed by atoms with van der Waals surface area (Å²) in [4.78, 5) is 24.3. The quantitative estimate of drug-likeness (QED) is 0.769. The van der Waals surface area contributed by atoms with E-state index < -0.39 is 0 Å². The lowest BCUT2D eigenvalue weighted by Crippen LogP contribution is -2.25. The van der Waals surface area contributed by atoms with E-state index in [-0.39, 0.29) is 11.8 Å². The van der Waals surface area contributed by atoms with Crippen molar-refractivity contribution in [3.05, 3.63) is 65.2 Å². The van der Waals surface area contributed by atoms with Crippen molar-refractivity contribution in [1.29, 1.82) is 0 Å². The summed E-state index contributed by atoms with van der Waals surface area (Å²) in [6.45, 7) is 3.12. The lowest BCUT2D eigenvalue weighted by molar-refractivity contribution is 0.0947. The van der Waals surface area contributed by atoms with Gasteiger partial charge in [0, 0.05) is 37.1 Å². The largest absolute Gasteiger partial charge is 0.385 e. The van der Waals surface area contributed by atoms with Crippen LogP contribution in [0.2, 0.25) is 0 Å². The minimum atomic E-state index is -0.201. The molecule has 0 saturated carbocycles. The van der Waals surface area contributed by atoms with Crippen LogP contribution in [0.25, 0.3) is 0 Å². The minimum Gasteiger partial charge on any atom is -0.385 e. The van der Waals surface area contributed by atoms with E-state index in [0.29, 0.717) is 30.0 Å². The molecule has 0 radical (unpaired) electrons. The highest BCUT2D eigenvalue weighted by atomic mass is 16.5. The second-order valence-corrected chi connectivity index (χ2v) is 5.50. The number of aryl methyl sites for hydroxylation is 1. The van der Waals surface area contributed by atoms with Crippen LogP contribution in [0.5, 0.6) is 0 Å². The van der Waals surface area contributed by atoms with Crippen LogP contribution in [-0.4, -0.2) is 32.1 Å². The molecule has 0 unspecified atom stereocenters. The minimum absolute atomic E-state index is 0.169. The first-order valence-electron chi connectivity index (χ1n) is 7.85. The molecule has 126 valence electrons. The molecule has 0 heterocycles. The van der Waals surface area contributed by atoms with Gasteiger partial charge in [0.05, 0.1) is 0 Å². The Hall–Kier alpha value is -2.66. The number of hydrogen-bond donors (Lipinski definition) is 2. The van der Waals surface area contributed by atoms with Gasteiger partial charge in [0.25, 0.3) is 11.8 Å². The Kier molecular flexibility index (Phi) is 6.51. The van der Waals surface area contributed by atoms with Gasteiger partial charge in [0.1, 0.15) is 0 Å². The molecular weight excluding hydrogens is 304 g/mol. The van der Waals surface area contributed by atoms with Crippen LogP contribution < -0.4 is 10.6 Å². The molecule has 5 nitrogen and oxygen atoms in total. The molecule has 0 spiro atoms. The van der Waals surface area contributed by atoms with Gasteiger partial charge < -0.3 is 15.4 Å². The van der Waals surface area contributed by atoms with Crippen molar-refractivity contribution in [2.45, 2.75) is 13.3 Å². The van der Waals surface area contributed by atoms with E-state index in [0.717, 1.165) is 12.0 Å². The highest BCUT2D eigenvalue weighted by molar-refractivity contribution is 6.05. The average Bonchev–Trinajstić information content (AvgIpc) is 2.59. The maximum atomic E-state index is 12.2. The molecule has 2 aromatic rings. The van der Waals surface area contributed by atoms with Gasteiger partial charge in [-0.3, -0.25) is 9.59 Å². The average molecular weight is 326 g/mol. The first-order valence-corrected chi connectivity index (χ1v) is 7.85. The van der Waals surface area contributed by atoms with Crippen molar-refractivity contribution >= 4 is 17.5 Å². The highest BCUT2D eigenvalue weighted by Gasteiger charge is 2.09. The van der Waals surface area contributed by atoms with E-state index in [1.54, 1.807) is 43.5 Å². The summed E-state index contributed by atoms with van der Waals surface area (Å²) in [7, 11) is 1.63. The predicted molar refractivity (Wildman–Crippen MR) is 94.4 cm³/mol. The van der Waals surface area contributed by atoms with Crippen LogP contribution in [0.1, 0.15) is 32.7 Å². The predicted octanol–water partition coefficient (Wildman–Crippen LogP) is 3.01. The molecule has 0 fully saturated rings. The molecule has 0 aliphatic rings. The fraction of sp³-hybridized carbons (Fsp3) is 0.263. The number of nitrogens with one attached hydrogen (secondary N) is 2. The number of rotatable bonds is 7. The van der Waals surface area contributed by atoms with Crippen LogP contribution in [-0.2, 0) is 4.74 Å². The zero-order chi connectivity index (χ0) is 17.4. The molecule has 2 rings (SSSR count). The monoisotopic (exact) mass is 326 g/mol. The highest BCUT2D eigenvalue weighted by Crippen LogP contribution is 2.13. The normalized spacial score (nSPS) is 10.2. The summed E-state index contributed by atoms with van der Waals surface area (Å²) in [5.74, 6) is -0.370. The molecule has 0 aromatic heterocycles. The maximum absolute atomic E-state index is 12.2. The van der Waals surface area contributed by atoms with Crippen LogP contribution in [0, 0.1) is 6.92 Å². The van der Waals surface area contributed by atoms with E-state index in [9.17, 15) is 9.59 Å². The van der Waals surface area contributed by atoms with Gasteiger partial charge in [0.15, 0.2) is 0 Å². The van der Waals surface area contributed by atoms with E-state index in [1.807, 2.05) is 19.1 Å². The molecule has 5 heteroatoms. The Bertz CT molecular complexity index is 696. The maximum Gasteiger partial charge on any atom is 0.255 e. The fourth-order valence-electron chi connectivity index (χ4n) is 2.17. The standard InChI is InChI=1S/C19H22N2O3/c1-14-7-9-15(10-8-14)19(23)21-17-6-3-5-16(13-17)18(22)20-11-4-12-24-2/h3,5-10,13H,4,11-12H2,1-2H3,(H,20,22)(H,21,23). The van der Waals surface area contributed by atoms with Gasteiger partial charge >= 0.3 is 0 Å². The molecule has 2 amide bonds. The van der Waals surface area contributed by atoms with E-state index in [1.165, 1.54) is 0 Å². The van der Waals surface area contributed by atoms with E-state index >= 15 is 0 Å². The Balaban J connectivity index is 1.98. The number of hydrogen-bond acceptors (Lipinski definition) is 3. The van der Waals surface area contributed by atoms with Crippen molar-refractivity contribution in [3.63, 3.8) is 0 Å². The van der Waals surface area contributed by atoms with Crippen molar-refractivity contribution in [2.24, 2.45) is 0 Å². The first-order chi connectivity index (χ1) is 11.6. The number of ether oxygens (including phenoxy) is 1. The lowest BCUT2D eigenvalue weighted by atomic mass is 10.1. The summed E-state index contributed by atoms with van der Waals surface area (Å²) in [6.07, 6.45) is 0.756. The number of carbonyl (C=O) groups is 2. The van der Waals surface area contributed by atoms with Crippen molar-refractivity contribution in [3.8, 4) is 0 Å². The molecule has 0 aliphatic heterocycles. The molecule has 2 aromatic carbocycles. The van der Waals surface area contributed by atoms with Crippen LogP contribution in [0.4, 0.5) is 5.69 Å². The van der Waals surface area contributed by atoms with Gasteiger partial charge in [-0.1, -0.05) is 23.8 Å². The summed E-state index contributed by atoms with van der Waals surface area (Å²) in [6, 6.07) is 14.2. The fourth-order valence-corrected chi connectivity index (χ4v) is 2.17. The van der Waals surface area contributed by atoms with E-state index in [4.69, 9.17) is 4.74 Å². The SMILES string of the molecule is COCCCNC(=O)c1cccc(NC(=O)c2ccc(C)cc2)c1. The topological polar surface area (TPSA) is 67.4 Å². The van der Waals surface area contributed by atoms with Crippen LogP contribution >= 0.6 is 0 Å². The zero-order valence-corrected chi connectivity index (χ0v) is 14.0. The summed E-state index contributed by atoms with van der Waals surface area (Å²) in [5, 5.41) is 5.63. The summed E-state index contributed by atoms with van der Waals surface area (Å²) < 4.78 is 4.94. The van der Waals surface area contributed by atoms with Gasteiger partial charge in [-0.05, 0) is 43.7 Å². The van der Waals surface area contributed by atoms with E-state index in [2.05, 4.69) is 10.6 Å². The molecule has 0 atom stereocenters. The third kappa shape index (κ3) is 5.21. The number of methoxy groups -OCH3 is 1. The molecule has 2 N–H and O–H groups in total. The number of amides is 2. The number of benzene rings is 2. The van der Waals surface area contributed by atoms with Crippen LogP contribution in [0.15, 0.2) is 48.5 Å². The third-order valence-corrected chi connectivity index (χ3v) is 3.51. The lowest BCUT2D eigenvalue weighted by Gasteiger charge is -2.08. The molecule has 0 saturated heterocycles. The van der Waals surface area contributed by atoms with Crippen molar-refractivity contribution in [1.82, 2.24) is 5.32 Å². The Morgan fingerprint density at radius 2 is 1.75 bits per heavy atom. The Morgan fingerprint density at radius 3 is 2.46 bits per heavy atom. The second-order valence-electron chi connectivity index (χ2n) is 5.50. The molecule has 0 bridgehead atoms. The second kappa shape index (κ2) is 8.84. The number of anilines is 1. The Morgan fingerprint density at radius 1 is 1.00 bits per heavy atom. The van der Waals surface area contributed by atoms with Crippen molar-refractivity contribution < 1.29 is 14.3 Å². The summed E-state index contributed by atoms with van der Waals surface area (Å²) in [5.41, 5.74) is 2.77. The zero-order valence-electron chi connectivity index (χ0n) is 14.0. The molecule has 24 heavy (non-hydrogen) atoms. The van der Waals surface area contributed by atoms with Gasteiger partial charge in [-0.25, -0.2) is 0 Å². The van der Waals surface area contributed by atoms with Crippen molar-refractivity contribution in [2.75, 3.05) is 25.6 Å². The smallest absolute Gasteiger partial charge is 0.255 e. The van der Waals surface area contributed by atoms with Gasteiger partial charge in [-0.2, -0.15) is 0 Å².